The molecule has 170 valence electrons. The lowest BCUT2D eigenvalue weighted by atomic mass is 9.98. The van der Waals surface area contributed by atoms with Gasteiger partial charge in [-0.05, 0) is 33.9 Å². The number of rotatable bonds is 9. The monoisotopic (exact) mass is 447 g/mol. The fraction of sp³-hybridized carbons (Fsp3) is 0.231. The van der Waals surface area contributed by atoms with Crippen LogP contribution in [-0.4, -0.2) is 43.7 Å². The van der Waals surface area contributed by atoms with Gasteiger partial charge in [0.15, 0.2) is 6.79 Å². The highest BCUT2D eigenvalue weighted by Crippen LogP contribution is 2.44. The minimum Gasteiger partial charge on any atom is -0.480 e. The standard InChI is InChI=1S/C26H25NO6/c1-31-16-33-24-13-7-2-8-17(24)14-23(25(28)29)27-26(30)32-15-22-20-11-5-3-9-18(20)19-10-4-6-12-21(19)22/h2-13,22-23H,14-16H2,1H3,(H,27,30)(H,28,29). The maximum absolute atomic E-state index is 12.5. The number of hydrogen-bond donors (Lipinski definition) is 2. The summed E-state index contributed by atoms with van der Waals surface area (Å²) in [6, 6.07) is 21.9. The van der Waals surface area contributed by atoms with Crippen LogP contribution < -0.4 is 10.1 Å². The molecule has 1 atom stereocenters. The second-order valence-corrected chi connectivity index (χ2v) is 7.72. The first-order chi connectivity index (χ1) is 16.1. The number of alkyl carbamates (subject to hydrolysis) is 1. The molecule has 1 unspecified atom stereocenters. The number of carboxylic acids is 1. The van der Waals surface area contributed by atoms with Gasteiger partial charge in [-0.1, -0.05) is 66.7 Å². The first-order valence-electron chi connectivity index (χ1n) is 10.6. The maximum atomic E-state index is 12.5. The van der Waals surface area contributed by atoms with Crippen molar-refractivity contribution >= 4 is 12.1 Å². The third-order valence-electron chi connectivity index (χ3n) is 5.66. The van der Waals surface area contributed by atoms with Gasteiger partial charge in [0.25, 0.3) is 0 Å². The number of hydrogen-bond acceptors (Lipinski definition) is 5. The number of carbonyl (C=O) groups excluding carboxylic acids is 1. The average molecular weight is 447 g/mol. The third-order valence-corrected chi connectivity index (χ3v) is 5.66. The van der Waals surface area contributed by atoms with Crippen molar-refractivity contribution in [2.24, 2.45) is 0 Å². The number of amides is 1. The minimum absolute atomic E-state index is 0.0363. The lowest BCUT2D eigenvalue weighted by Crippen LogP contribution is -2.43. The number of aliphatic carboxylic acids is 1. The zero-order valence-electron chi connectivity index (χ0n) is 18.2. The van der Waals surface area contributed by atoms with E-state index in [-0.39, 0.29) is 25.7 Å². The Kier molecular flexibility index (Phi) is 6.90. The van der Waals surface area contributed by atoms with Gasteiger partial charge >= 0.3 is 12.1 Å². The van der Waals surface area contributed by atoms with Crippen LogP contribution in [-0.2, 0) is 20.7 Å². The summed E-state index contributed by atoms with van der Waals surface area (Å²) in [6.07, 6.45) is -0.737. The second kappa shape index (κ2) is 10.2. The van der Waals surface area contributed by atoms with Crippen LogP contribution in [0.1, 0.15) is 22.6 Å². The summed E-state index contributed by atoms with van der Waals surface area (Å²) in [7, 11) is 1.50. The number of nitrogens with one attached hydrogen (secondary N) is 1. The molecule has 0 aromatic heterocycles. The summed E-state index contributed by atoms with van der Waals surface area (Å²) in [5.41, 5.74) is 5.06. The van der Waals surface area contributed by atoms with Crippen molar-refractivity contribution in [2.45, 2.75) is 18.4 Å². The summed E-state index contributed by atoms with van der Waals surface area (Å²) in [6.45, 7) is 0.147. The molecular weight excluding hydrogens is 422 g/mol. The van der Waals surface area contributed by atoms with Crippen LogP contribution in [0.3, 0.4) is 0 Å². The van der Waals surface area contributed by atoms with Gasteiger partial charge in [-0.25, -0.2) is 9.59 Å². The van der Waals surface area contributed by atoms with Gasteiger partial charge in [-0.15, -0.1) is 0 Å². The number of ether oxygens (including phenoxy) is 3. The Bertz CT molecular complexity index is 1100. The largest absolute Gasteiger partial charge is 0.480 e. The molecule has 0 aliphatic heterocycles. The molecule has 1 aliphatic carbocycles. The molecule has 0 radical (unpaired) electrons. The molecule has 2 N–H and O–H groups in total. The Hall–Kier alpha value is -3.84. The summed E-state index contributed by atoms with van der Waals surface area (Å²) < 4.78 is 15.9. The molecule has 0 heterocycles. The van der Waals surface area contributed by atoms with E-state index < -0.39 is 18.1 Å². The molecule has 0 fully saturated rings. The van der Waals surface area contributed by atoms with Crippen LogP contribution in [0.2, 0.25) is 0 Å². The molecular formula is C26H25NO6. The van der Waals surface area contributed by atoms with Gasteiger partial charge in [0, 0.05) is 19.4 Å². The predicted octanol–water partition coefficient (Wildman–Crippen LogP) is 4.20. The molecule has 7 nitrogen and oxygen atoms in total. The maximum Gasteiger partial charge on any atom is 0.407 e. The van der Waals surface area contributed by atoms with Crippen molar-refractivity contribution in [1.29, 1.82) is 0 Å². The lowest BCUT2D eigenvalue weighted by molar-refractivity contribution is -0.139. The van der Waals surface area contributed by atoms with E-state index in [1.54, 1.807) is 24.3 Å². The molecule has 3 aromatic carbocycles. The summed E-state index contributed by atoms with van der Waals surface area (Å²) in [4.78, 5) is 24.4. The Labute approximate surface area is 191 Å². The SMILES string of the molecule is COCOc1ccccc1CC(NC(=O)OCC1c2ccccc2-c2ccccc21)C(=O)O. The van der Waals surface area contributed by atoms with E-state index in [1.807, 2.05) is 36.4 Å². The quantitative estimate of drug-likeness (QED) is 0.478. The minimum atomic E-state index is -1.17. The van der Waals surface area contributed by atoms with Crippen LogP contribution in [0.15, 0.2) is 72.8 Å². The Balaban J connectivity index is 1.42. The third kappa shape index (κ3) is 4.99. The fourth-order valence-corrected chi connectivity index (χ4v) is 4.14. The van der Waals surface area contributed by atoms with Crippen molar-refractivity contribution in [1.82, 2.24) is 5.32 Å². The smallest absolute Gasteiger partial charge is 0.407 e. The van der Waals surface area contributed by atoms with Crippen molar-refractivity contribution in [2.75, 3.05) is 20.5 Å². The summed E-state index contributed by atoms with van der Waals surface area (Å²) in [5, 5.41) is 12.1. The number of fused-ring (bicyclic) bond motifs is 3. The Morgan fingerprint density at radius 1 is 0.939 bits per heavy atom. The van der Waals surface area contributed by atoms with Crippen molar-refractivity contribution in [3.63, 3.8) is 0 Å². The summed E-state index contributed by atoms with van der Waals surface area (Å²) in [5.74, 6) is -0.764. The fourth-order valence-electron chi connectivity index (χ4n) is 4.14. The van der Waals surface area contributed by atoms with E-state index >= 15 is 0 Å². The van der Waals surface area contributed by atoms with Crippen molar-refractivity contribution in [3.05, 3.63) is 89.5 Å². The van der Waals surface area contributed by atoms with Crippen LogP contribution in [0, 0.1) is 0 Å². The Morgan fingerprint density at radius 2 is 1.55 bits per heavy atom. The first-order valence-corrected chi connectivity index (χ1v) is 10.6. The molecule has 3 aromatic rings. The number of benzene rings is 3. The molecule has 4 rings (SSSR count). The van der Waals surface area contributed by atoms with E-state index in [0.717, 1.165) is 22.3 Å². The Morgan fingerprint density at radius 3 is 2.18 bits per heavy atom. The van der Waals surface area contributed by atoms with Crippen LogP contribution in [0.4, 0.5) is 4.79 Å². The van der Waals surface area contributed by atoms with Gasteiger partial charge in [0.1, 0.15) is 18.4 Å². The topological polar surface area (TPSA) is 94.1 Å². The molecule has 0 saturated heterocycles. The van der Waals surface area contributed by atoms with Crippen LogP contribution >= 0.6 is 0 Å². The summed E-state index contributed by atoms with van der Waals surface area (Å²) >= 11 is 0. The zero-order chi connectivity index (χ0) is 23.2. The highest BCUT2D eigenvalue weighted by molar-refractivity contribution is 5.81. The molecule has 7 heteroatoms. The van der Waals surface area contributed by atoms with E-state index in [1.165, 1.54) is 7.11 Å². The molecule has 33 heavy (non-hydrogen) atoms. The second-order valence-electron chi connectivity index (χ2n) is 7.72. The van der Waals surface area contributed by atoms with Crippen molar-refractivity contribution < 1.29 is 28.9 Å². The lowest BCUT2D eigenvalue weighted by Gasteiger charge is -2.18. The van der Waals surface area contributed by atoms with E-state index in [2.05, 4.69) is 17.4 Å². The highest BCUT2D eigenvalue weighted by Gasteiger charge is 2.30. The molecule has 0 spiro atoms. The number of carboxylic acid groups (broad SMARTS) is 1. The van der Waals surface area contributed by atoms with Gasteiger partial charge in [-0.2, -0.15) is 0 Å². The van der Waals surface area contributed by atoms with E-state index in [4.69, 9.17) is 14.2 Å². The van der Waals surface area contributed by atoms with Crippen LogP contribution in [0.5, 0.6) is 5.75 Å². The molecule has 0 bridgehead atoms. The zero-order valence-corrected chi connectivity index (χ0v) is 18.2. The first kappa shape index (κ1) is 22.4. The number of para-hydroxylation sites is 1. The predicted molar refractivity (Wildman–Crippen MR) is 122 cm³/mol. The van der Waals surface area contributed by atoms with Gasteiger partial charge in [-0.3, -0.25) is 0 Å². The van der Waals surface area contributed by atoms with Gasteiger partial charge in [0.2, 0.25) is 0 Å². The molecule has 1 amide bonds. The van der Waals surface area contributed by atoms with E-state index in [0.29, 0.717) is 11.3 Å². The number of carbonyl (C=O) groups is 2. The number of methoxy groups -OCH3 is 1. The average Bonchev–Trinajstić information content (AvgIpc) is 3.15. The van der Waals surface area contributed by atoms with Crippen LogP contribution in [0.25, 0.3) is 11.1 Å². The molecule has 0 saturated carbocycles. The van der Waals surface area contributed by atoms with E-state index in [9.17, 15) is 14.7 Å². The van der Waals surface area contributed by atoms with Gasteiger partial charge < -0.3 is 24.6 Å². The highest BCUT2D eigenvalue weighted by atomic mass is 16.7. The molecule has 1 aliphatic rings. The normalized spacial score (nSPS) is 13.0. The van der Waals surface area contributed by atoms with Gasteiger partial charge in [0.05, 0.1) is 0 Å². The van der Waals surface area contributed by atoms with Crippen molar-refractivity contribution in [3.8, 4) is 16.9 Å².